The Morgan fingerprint density at radius 3 is 2.68 bits per heavy atom. The number of hydrogen-bond donors (Lipinski definition) is 0. The largest absolute Gasteiger partial charge is 0.443 e. The number of carbonyl (C=O) groups excluding carboxylic acids is 1. The van der Waals surface area contributed by atoms with Gasteiger partial charge in [0.1, 0.15) is 11.4 Å². The van der Waals surface area contributed by atoms with E-state index in [1.54, 1.807) is 39.0 Å². The van der Waals surface area contributed by atoms with Gasteiger partial charge in [-0.05, 0) is 39.0 Å². The first kappa shape index (κ1) is 14.2. The summed E-state index contributed by atoms with van der Waals surface area (Å²) >= 11 is 11.7. The Balaban J connectivity index is 2.54. The Kier molecular flexibility index (Phi) is 3.74. The quantitative estimate of drug-likeness (QED) is 0.741. The third kappa shape index (κ3) is 3.01. The van der Waals surface area contributed by atoms with Gasteiger partial charge in [0.15, 0.2) is 0 Å². The Labute approximate surface area is 121 Å². The second-order valence-corrected chi connectivity index (χ2v) is 5.81. The normalized spacial score (nSPS) is 11.8. The van der Waals surface area contributed by atoms with E-state index in [4.69, 9.17) is 27.9 Å². The van der Waals surface area contributed by atoms with Crippen LogP contribution in [-0.2, 0) is 10.6 Å². The van der Waals surface area contributed by atoms with E-state index < -0.39 is 11.7 Å². The zero-order chi connectivity index (χ0) is 14.2. The van der Waals surface area contributed by atoms with Crippen LogP contribution in [0.1, 0.15) is 26.6 Å². The molecule has 0 saturated heterocycles. The average molecular weight is 301 g/mol. The Morgan fingerprint density at radius 2 is 2.11 bits per heavy atom. The lowest BCUT2D eigenvalue weighted by molar-refractivity contribution is 0.0540. The molecule has 0 atom stereocenters. The van der Waals surface area contributed by atoms with Gasteiger partial charge in [0.2, 0.25) is 0 Å². The maximum absolute atomic E-state index is 12.2. The molecule has 0 aliphatic heterocycles. The lowest BCUT2D eigenvalue weighted by atomic mass is 10.2. The van der Waals surface area contributed by atoms with Crippen molar-refractivity contribution in [1.29, 1.82) is 0 Å². The number of carbonyl (C=O) groups is 1. The lowest BCUT2D eigenvalue weighted by Crippen LogP contribution is -2.28. The molecule has 19 heavy (non-hydrogen) atoms. The van der Waals surface area contributed by atoms with Crippen LogP contribution in [-0.4, -0.2) is 21.2 Å². The van der Waals surface area contributed by atoms with Gasteiger partial charge in [-0.1, -0.05) is 11.6 Å². The van der Waals surface area contributed by atoms with E-state index in [2.05, 4.69) is 4.98 Å². The van der Waals surface area contributed by atoms with Crippen LogP contribution in [0, 0.1) is 0 Å². The van der Waals surface area contributed by atoms with Crippen molar-refractivity contribution in [2.24, 2.45) is 0 Å². The molecule has 6 heteroatoms. The van der Waals surface area contributed by atoms with Crippen molar-refractivity contribution in [3.8, 4) is 0 Å². The molecule has 0 radical (unpaired) electrons. The first-order valence-corrected chi connectivity index (χ1v) is 6.69. The van der Waals surface area contributed by atoms with Crippen molar-refractivity contribution in [2.45, 2.75) is 32.3 Å². The van der Waals surface area contributed by atoms with Gasteiger partial charge in [-0.25, -0.2) is 14.3 Å². The van der Waals surface area contributed by atoms with Gasteiger partial charge in [0.25, 0.3) is 0 Å². The minimum absolute atomic E-state index is 0.117. The molecular weight excluding hydrogens is 287 g/mol. The SMILES string of the molecule is CC(C)(C)OC(=O)n1c(CCl)nc2cc(Cl)ccc21. The van der Waals surface area contributed by atoms with E-state index in [9.17, 15) is 4.79 Å². The maximum atomic E-state index is 12.2. The molecule has 0 aliphatic rings. The molecule has 102 valence electrons. The van der Waals surface area contributed by atoms with Gasteiger partial charge in [-0.3, -0.25) is 0 Å². The van der Waals surface area contributed by atoms with E-state index in [0.29, 0.717) is 21.9 Å². The standard InChI is InChI=1S/C13H14Cl2N2O2/c1-13(2,3)19-12(18)17-10-5-4-8(15)6-9(10)16-11(17)7-14/h4-6H,7H2,1-3H3. The van der Waals surface area contributed by atoms with E-state index in [-0.39, 0.29) is 5.88 Å². The topological polar surface area (TPSA) is 44.1 Å². The van der Waals surface area contributed by atoms with Gasteiger partial charge < -0.3 is 4.74 Å². The minimum atomic E-state index is -0.580. The van der Waals surface area contributed by atoms with Crippen LogP contribution < -0.4 is 0 Å². The summed E-state index contributed by atoms with van der Waals surface area (Å²) in [4.78, 5) is 16.5. The van der Waals surface area contributed by atoms with E-state index in [0.717, 1.165) is 0 Å². The van der Waals surface area contributed by atoms with Gasteiger partial charge in [0, 0.05) is 5.02 Å². The van der Waals surface area contributed by atoms with Crippen LogP contribution in [0.4, 0.5) is 4.79 Å². The molecular formula is C13H14Cl2N2O2. The molecule has 1 heterocycles. The summed E-state index contributed by atoms with van der Waals surface area (Å²) in [6.07, 6.45) is -0.493. The maximum Gasteiger partial charge on any atom is 0.420 e. The number of imidazole rings is 1. The van der Waals surface area contributed by atoms with E-state index in [1.807, 2.05) is 0 Å². The second-order valence-electron chi connectivity index (χ2n) is 5.11. The highest BCUT2D eigenvalue weighted by atomic mass is 35.5. The Morgan fingerprint density at radius 1 is 1.42 bits per heavy atom. The van der Waals surface area contributed by atoms with Crippen LogP contribution in [0.2, 0.25) is 5.02 Å². The summed E-state index contributed by atoms with van der Waals surface area (Å²) in [6.45, 7) is 5.42. The number of aromatic nitrogens is 2. The van der Waals surface area contributed by atoms with Crippen LogP contribution in [0.5, 0.6) is 0 Å². The summed E-state index contributed by atoms with van der Waals surface area (Å²) in [5.41, 5.74) is 0.673. The predicted molar refractivity (Wildman–Crippen MR) is 75.9 cm³/mol. The molecule has 1 aromatic heterocycles. The molecule has 0 amide bonds. The summed E-state index contributed by atoms with van der Waals surface area (Å²) in [5.74, 6) is 0.555. The number of alkyl halides is 1. The van der Waals surface area contributed by atoms with Gasteiger partial charge in [-0.15, -0.1) is 11.6 Å². The number of halogens is 2. The number of ether oxygens (including phenoxy) is 1. The van der Waals surface area contributed by atoms with Crippen molar-refractivity contribution in [3.05, 3.63) is 29.0 Å². The fourth-order valence-corrected chi connectivity index (χ4v) is 2.05. The highest BCUT2D eigenvalue weighted by molar-refractivity contribution is 6.31. The molecule has 1 aromatic carbocycles. The fourth-order valence-electron chi connectivity index (χ4n) is 1.70. The fraction of sp³-hybridized carbons (Fsp3) is 0.385. The highest BCUT2D eigenvalue weighted by Gasteiger charge is 2.22. The number of hydrogen-bond acceptors (Lipinski definition) is 3. The lowest BCUT2D eigenvalue weighted by Gasteiger charge is -2.20. The summed E-state index contributed by atoms with van der Waals surface area (Å²) in [6, 6.07) is 5.11. The van der Waals surface area contributed by atoms with Crippen LogP contribution in [0.25, 0.3) is 11.0 Å². The molecule has 0 bridgehead atoms. The summed E-state index contributed by atoms with van der Waals surface area (Å²) in [7, 11) is 0. The van der Waals surface area contributed by atoms with Crippen molar-refractivity contribution >= 4 is 40.3 Å². The first-order chi connectivity index (χ1) is 8.81. The van der Waals surface area contributed by atoms with Crippen LogP contribution in [0.3, 0.4) is 0 Å². The number of rotatable bonds is 1. The van der Waals surface area contributed by atoms with Crippen molar-refractivity contribution < 1.29 is 9.53 Å². The molecule has 0 spiro atoms. The smallest absolute Gasteiger partial charge is 0.420 e. The van der Waals surface area contributed by atoms with Crippen LogP contribution >= 0.6 is 23.2 Å². The van der Waals surface area contributed by atoms with Crippen molar-refractivity contribution in [1.82, 2.24) is 9.55 Å². The van der Waals surface area contributed by atoms with E-state index in [1.165, 1.54) is 4.57 Å². The minimum Gasteiger partial charge on any atom is -0.443 e. The third-order valence-corrected chi connectivity index (χ3v) is 2.86. The predicted octanol–water partition coefficient (Wildman–Crippen LogP) is 4.21. The molecule has 2 rings (SSSR count). The van der Waals surface area contributed by atoms with Gasteiger partial charge >= 0.3 is 6.09 Å². The van der Waals surface area contributed by atoms with Crippen molar-refractivity contribution in [3.63, 3.8) is 0 Å². The van der Waals surface area contributed by atoms with Gasteiger partial charge in [0.05, 0.1) is 16.9 Å². The molecule has 2 aromatic rings. The Bertz CT molecular complexity index is 629. The third-order valence-electron chi connectivity index (χ3n) is 2.38. The summed E-state index contributed by atoms with van der Waals surface area (Å²) in [5, 5.41) is 0.558. The molecule has 0 aliphatic carbocycles. The average Bonchev–Trinajstić information content (AvgIpc) is 2.63. The molecule has 0 fully saturated rings. The second kappa shape index (κ2) is 5.02. The molecule has 4 nitrogen and oxygen atoms in total. The highest BCUT2D eigenvalue weighted by Crippen LogP contribution is 2.23. The Hall–Kier alpha value is -1.26. The monoisotopic (exact) mass is 300 g/mol. The van der Waals surface area contributed by atoms with Crippen molar-refractivity contribution in [2.75, 3.05) is 0 Å². The zero-order valence-electron chi connectivity index (χ0n) is 10.9. The summed E-state index contributed by atoms with van der Waals surface area (Å²) < 4.78 is 6.73. The number of fused-ring (bicyclic) bond motifs is 1. The van der Waals surface area contributed by atoms with Crippen LogP contribution in [0.15, 0.2) is 18.2 Å². The molecule has 0 saturated carbocycles. The van der Waals surface area contributed by atoms with Gasteiger partial charge in [-0.2, -0.15) is 0 Å². The van der Waals surface area contributed by atoms with E-state index >= 15 is 0 Å². The number of nitrogens with zero attached hydrogens (tertiary/aromatic N) is 2. The number of benzene rings is 1. The molecule has 0 unspecified atom stereocenters. The zero-order valence-corrected chi connectivity index (χ0v) is 12.4. The molecule has 0 N–H and O–H groups in total. The first-order valence-electron chi connectivity index (χ1n) is 5.78.